The van der Waals surface area contributed by atoms with Crippen molar-refractivity contribution in [2.45, 2.75) is 0 Å². The van der Waals surface area contributed by atoms with Crippen LogP contribution in [0, 0.1) is 11.3 Å². The van der Waals surface area contributed by atoms with Crippen molar-refractivity contribution in [2.24, 2.45) is 0 Å². The number of halogens is 2. The summed E-state index contributed by atoms with van der Waals surface area (Å²) in [5.41, 5.74) is 1.39. The smallest absolute Gasteiger partial charge is 0.308 e. The van der Waals surface area contributed by atoms with Crippen LogP contribution in [-0.4, -0.2) is 6.03 Å². The zero-order valence-electron chi connectivity index (χ0n) is 10.2. The van der Waals surface area contributed by atoms with Crippen molar-refractivity contribution in [3.8, 4) is 6.07 Å². The van der Waals surface area contributed by atoms with Gasteiger partial charge < -0.3 is 10.6 Å². The predicted molar refractivity (Wildman–Crippen MR) is 80.3 cm³/mol. The van der Waals surface area contributed by atoms with E-state index in [-0.39, 0.29) is 0 Å². The molecule has 0 aromatic heterocycles. The van der Waals surface area contributed by atoms with Gasteiger partial charge in [-0.1, -0.05) is 29.3 Å². The molecule has 0 radical (unpaired) electrons. The van der Waals surface area contributed by atoms with Gasteiger partial charge in [0.15, 0.2) is 0 Å². The highest BCUT2D eigenvalue weighted by molar-refractivity contribution is 6.35. The fraction of sp³-hybridized carbons (Fsp3) is 0. The molecule has 0 aliphatic carbocycles. The first-order chi connectivity index (χ1) is 9.58. The molecule has 4 nitrogen and oxygen atoms in total. The Morgan fingerprint density at radius 1 is 1.10 bits per heavy atom. The van der Waals surface area contributed by atoms with Gasteiger partial charge in [0.05, 0.1) is 22.3 Å². The highest BCUT2D eigenvalue weighted by atomic mass is 35.5. The average Bonchev–Trinajstić information content (AvgIpc) is 2.43. The van der Waals surface area contributed by atoms with E-state index in [2.05, 4.69) is 10.6 Å². The van der Waals surface area contributed by atoms with Crippen LogP contribution >= 0.6 is 23.2 Å². The van der Waals surface area contributed by atoms with Crippen molar-refractivity contribution >= 4 is 40.6 Å². The molecule has 6 heteroatoms. The van der Waals surface area contributed by atoms with E-state index in [4.69, 9.17) is 28.5 Å². The van der Waals surface area contributed by atoms with E-state index >= 15 is 0 Å². The second kappa shape index (κ2) is 6.29. The molecular weight excluding hydrogens is 297 g/mol. The molecule has 0 heterocycles. The minimum absolute atomic E-state index is 0.385. The summed E-state index contributed by atoms with van der Waals surface area (Å²) in [6.07, 6.45) is 0. The summed E-state index contributed by atoms with van der Waals surface area (Å²) in [5.74, 6) is 0. The number of carbonyl (C=O) groups is 1. The number of rotatable bonds is 2. The molecule has 0 spiro atoms. The van der Waals surface area contributed by atoms with Crippen molar-refractivity contribution in [1.29, 1.82) is 5.26 Å². The van der Waals surface area contributed by atoms with E-state index in [1.54, 1.807) is 42.5 Å². The molecule has 0 saturated carbocycles. The van der Waals surface area contributed by atoms with E-state index < -0.39 is 6.03 Å². The van der Waals surface area contributed by atoms with Gasteiger partial charge in [-0.3, -0.25) is 0 Å². The van der Waals surface area contributed by atoms with Gasteiger partial charge in [0, 0.05) is 10.7 Å². The minimum Gasteiger partial charge on any atom is -0.308 e. The van der Waals surface area contributed by atoms with Crippen LogP contribution in [0.2, 0.25) is 10.0 Å². The first-order valence-corrected chi connectivity index (χ1v) is 6.37. The lowest BCUT2D eigenvalue weighted by atomic mass is 10.2. The summed E-state index contributed by atoms with van der Waals surface area (Å²) in [7, 11) is 0. The number of hydrogen-bond acceptors (Lipinski definition) is 2. The molecule has 100 valence electrons. The van der Waals surface area contributed by atoms with Gasteiger partial charge >= 0.3 is 6.03 Å². The molecule has 0 aliphatic heterocycles. The van der Waals surface area contributed by atoms with Crippen molar-refractivity contribution in [3.63, 3.8) is 0 Å². The van der Waals surface area contributed by atoms with Crippen molar-refractivity contribution in [1.82, 2.24) is 0 Å². The van der Waals surface area contributed by atoms with Crippen LogP contribution in [0.25, 0.3) is 0 Å². The van der Waals surface area contributed by atoms with E-state index in [9.17, 15) is 4.79 Å². The van der Waals surface area contributed by atoms with Crippen LogP contribution in [0.3, 0.4) is 0 Å². The molecule has 0 fully saturated rings. The Labute approximate surface area is 125 Å². The maximum absolute atomic E-state index is 11.8. The standard InChI is InChI=1S/C14H9Cl2N3O/c15-10-4-5-12(16)13(7-10)19-14(20)18-11-3-1-2-9(6-11)8-17/h1-7H,(H2,18,19,20). The highest BCUT2D eigenvalue weighted by Crippen LogP contribution is 2.25. The van der Waals surface area contributed by atoms with Crippen LogP contribution in [-0.2, 0) is 0 Å². The van der Waals surface area contributed by atoms with Crippen molar-refractivity contribution in [2.75, 3.05) is 10.6 Å². The van der Waals surface area contributed by atoms with Gasteiger partial charge in [0.25, 0.3) is 0 Å². The number of anilines is 2. The fourth-order valence-electron chi connectivity index (χ4n) is 1.54. The van der Waals surface area contributed by atoms with E-state index in [1.807, 2.05) is 6.07 Å². The molecule has 0 unspecified atom stereocenters. The van der Waals surface area contributed by atoms with E-state index in [0.29, 0.717) is 27.0 Å². The predicted octanol–water partition coefficient (Wildman–Crippen LogP) is 4.51. The van der Waals surface area contributed by atoms with Crippen LogP contribution in [0.15, 0.2) is 42.5 Å². The Hall–Kier alpha value is -2.22. The SMILES string of the molecule is N#Cc1cccc(NC(=O)Nc2cc(Cl)ccc2Cl)c1. The Bertz CT molecular complexity index is 695. The number of carbonyl (C=O) groups excluding carboxylic acids is 1. The van der Waals surface area contributed by atoms with Crippen LogP contribution in [0.1, 0.15) is 5.56 Å². The zero-order valence-corrected chi connectivity index (χ0v) is 11.7. The number of benzene rings is 2. The van der Waals surface area contributed by atoms with E-state index in [1.165, 1.54) is 0 Å². The maximum Gasteiger partial charge on any atom is 0.323 e. The molecule has 2 aromatic carbocycles. The summed E-state index contributed by atoms with van der Waals surface area (Å²) in [6, 6.07) is 12.9. The second-order valence-electron chi connectivity index (χ2n) is 3.90. The molecule has 2 N–H and O–H groups in total. The Kier molecular flexibility index (Phi) is 4.46. The molecular formula is C14H9Cl2N3O. The zero-order chi connectivity index (χ0) is 14.5. The van der Waals surface area contributed by atoms with Gasteiger partial charge in [0.1, 0.15) is 0 Å². The first kappa shape index (κ1) is 14.2. The summed E-state index contributed by atoms with van der Waals surface area (Å²) >= 11 is 11.8. The van der Waals surface area contributed by atoms with E-state index in [0.717, 1.165) is 0 Å². The number of nitriles is 1. The van der Waals surface area contributed by atoms with Crippen molar-refractivity contribution in [3.05, 3.63) is 58.1 Å². The number of nitrogens with one attached hydrogen (secondary N) is 2. The monoisotopic (exact) mass is 305 g/mol. The molecule has 0 atom stereocenters. The maximum atomic E-state index is 11.8. The summed E-state index contributed by atoms with van der Waals surface area (Å²) in [6.45, 7) is 0. The number of nitrogens with zero attached hydrogens (tertiary/aromatic N) is 1. The largest absolute Gasteiger partial charge is 0.323 e. The Balaban J connectivity index is 2.09. The van der Waals surface area contributed by atoms with Gasteiger partial charge in [0.2, 0.25) is 0 Å². The molecule has 0 saturated heterocycles. The Morgan fingerprint density at radius 2 is 1.90 bits per heavy atom. The van der Waals surface area contributed by atoms with Crippen LogP contribution in [0.4, 0.5) is 16.2 Å². The van der Waals surface area contributed by atoms with Gasteiger partial charge in [-0.15, -0.1) is 0 Å². The number of amides is 2. The average molecular weight is 306 g/mol. The normalized spacial score (nSPS) is 9.65. The molecule has 2 aromatic rings. The minimum atomic E-state index is -0.468. The lowest BCUT2D eigenvalue weighted by Gasteiger charge is -2.09. The third-order valence-corrected chi connectivity index (χ3v) is 2.99. The van der Waals surface area contributed by atoms with Crippen LogP contribution < -0.4 is 10.6 Å². The summed E-state index contributed by atoms with van der Waals surface area (Å²) in [5, 5.41) is 14.8. The second-order valence-corrected chi connectivity index (χ2v) is 4.74. The molecule has 2 rings (SSSR count). The summed E-state index contributed by atoms with van der Waals surface area (Å²) in [4.78, 5) is 11.8. The molecule has 0 aliphatic rings. The van der Waals surface area contributed by atoms with Gasteiger partial charge in [-0.2, -0.15) is 5.26 Å². The third kappa shape index (κ3) is 3.64. The first-order valence-electron chi connectivity index (χ1n) is 5.62. The topological polar surface area (TPSA) is 64.9 Å². The lowest BCUT2D eigenvalue weighted by Crippen LogP contribution is -2.19. The highest BCUT2D eigenvalue weighted by Gasteiger charge is 2.07. The third-order valence-electron chi connectivity index (χ3n) is 2.43. The number of hydrogen-bond donors (Lipinski definition) is 2. The molecule has 0 bridgehead atoms. The summed E-state index contributed by atoms with van der Waals surface area (Å²) < 4.78 is 0. The van der Waals surface area contributed by atoms with Gasteiger partial charge in [-0.25, -0.2) is 4.79 Å². The van der Waals surface area contributed by atoms with Crippen molar-refractivity contribution < 1.29 is 4.79 Å². The van der Waals surface area contributed by atoms with Gasteiger partial charge in [-0.05, 0) is 36.4 Å². The molecule has 20 heavy (non-hydrogen) atoms. The fourth-order valence-corrected chi connectivity index (χ4v) is 1.88. The molecule has 2 amide bonds. The Morgan fingerprint density at radius 3 is 2.65 bits per heavy atom. The number of urea groups is 1. The lowest BCUT2D eigenvalue weighted by molar-refractivity contribution is 0.262. The quantitative estimate of drug-likeness (QED) is 0.857. The van der Waals surface area contributed by atoms with Crippen LogP contribution in [0.5, 0.6) is 0 Å².